The number of aryl methyl sites for hydroxylation is 3. The maximum absolute atomic E-state index is 13.3. The fourth-order valence-electron chi connectivity index (χ4n) is 4.86. The number of benzene rings is 2. The predicted octanol–water partition coefficient (Wildman–Crippen LogP) is 5.46. The van der Waals surface area contributed by atoms with E-state index in [1.54, 1.807) is 7.11 Å². The molecule has 1 N–H and O–H groups in total. The van der Waals surface area contributed by atoms with Crippen molar-refractivity contribution in [2.45, 2.75) is 26.7 Å². The van der Waals surface area contributed by atoms with Gasteiger partial charge in [0.1, 0.15) is 5.75 Å². The molecular weight excluding hydrogens is 476 g/mol. The third-order valence-electron chi connectivity index (χ3n) is 7.11. The lowest BCUT2D eigenvalue weighted by Crippen LogP contribution is -2.34. The van der Waals surface area contributed by atoms with Crippen LogP contribution >= 0.6 is 0 Å². The molecule has 0 radical (unpaired) electrons. The Balaban J connectivity index is 1.38. The van der Waals surface area contributed by atoms with Crippen LogP contribution < -0.4 is 10.1 Å². The molecule has 2 aliphatic heterocycles. The number of hydrogen-bond acceptors (Lipinski definition) is 5. The summed E-state index contributed by atoms with van der Waals surface area (Å²) in [7, 11) is 1.67. The van der Waals surface area contributed by atoms with Gasteiger partial charge in [0.2, 0.25) is 0 Å². The molecule has 3 heterocycles. The summed E-state index contributed by atoms with van der Waals surface area (Å²) in [6.07, 6.45) is 7.88. The Bertz CT molecular complexity index is 1430. The average molecular weight is 511 g/mol. The molecule has 1 saturated heterocycles. The van der Waals surface area contributed by atoms with E-state index in [9.17, 15) is 4.79 Å². The topological polar surface area (TPSA) is 68.6 Å². The summed E-state index contributed by atoms with van der Waals surface area (Å²) < 4.78 is 12.9. The van der Waals surface area contributed by atoms with Crippen molar-refractivity contribution in [1.82, 2.24) is 14.7 Å². The number of nitrogens with zero attached hydrogens (tertiary/aromatic N) is 3. The first kappa shape index (κ1) is 25.5. The number of rotatable bonds is 6. The van der Waals surface area contributed by atoms with Gasteiger partial charge in [0.15, 0.2) is 5.69 Å². The van der Waals surface area contributed by atoms with Crippen molar-refractivity contribution in [3.63, 3.8) is 0 Å². The smallest absolute Gasteiger partial charge is 0.276 e. The molecule has 196 valence electrons. The van der Waals surface area contributed by atoms with Gasteiger partial charge in [0, 0.05) is 35.7 Å². The maximum atomic E-state index is 13.3. The van der Waals surface area contributed by atoms with E-state index in [1.165, 1.54) is 0 Å². The van der Waals surface area contributed by atoms with E-state index in [4.69, 9.17) is 14.6 Å². The lowest BCUT2D eigenvalue weighted by molar-refractivity contribution is 0.0641. The van der Waals surface area contributed by atoms with Crippen molar-refractivity contribution in [2.24, 2.45) is 0 Å². The van der Waals surface area contributed by atoms with E-state index in [1.807, 2.05) is 61.0 Å². The number of anilines is 1. The highest BCUT2D eigenvalue weighted by Crippen LogP contribution is 2.28. The Morgan fingerprint density at radius 3 is 2.66 bits per heavy atom. The largest absolute Gasteiger partial charge is 0.496 e. The van der Waals surface area contributed by atoms with E-state index in [0.717, 1.165) is 76.7 Å². The number of aromatic nitrogens is 2. The van der Waals surface area contributed by atoms with Crippen molar-refractivity contribution in [3.05, 3.63) is 101 Å². The Hall–Kier alpha value is -4.10. The highest BCUT2D eigenvalue weighted by Gasteiger charge is 2.20. The summed E-state index contributed by atoms with van der Waals surface area (Å²) in [6.45, 7) is 11.4. The third kappa shape index (κ3) is 5.29. The molecule has 1 fully saturated rings. The zero-order valence-corrected chi connectivity index (χ0v) is 22.3. The van der Waals surface area contributed by atoms with Crippen LogP contribution in [-0.4, -0.2) is 54.0 Å². The van der Waals surface area contributed by atoms with E-state index in [0.29, 0.717) is 18.9 Å². The quantitative estimate of drug-likeness (QED) is 0.477. The van der Waals surface area contributed by atoms with E-state index >= 15 is 0 Å². The van der Waals surface area contributed by atoms with Gasteiger partial charge in [-0.25, -0.2) is 4.68 Å². The molecule has 2 aromatic carbocycles. The number of fused-ring (bicyclic) bond motifs is 1. The fraction of sp³-hybridized carbons (Fsp3) is 0.290. The minimum absolute atomic E-state index is 0.235. The Morgan fingerprint density at radius 2 is 1.89 bits per heavy atom. The van der Waals surface area contributed by atoms with Crippen LogP contribution in [0.25, 0.3) is 11.4 Å². The lowest BCUT2D eigenvalue weighted by Gasteiger charge is -2.30. The van der Waals surface area contributed by atoms with Gasteiger partial charge in [-0.05, 0) is 73.7 Å². The first-order valence-corrected chi connectivity index (χ1v) is 13.0. The predicted molar refractivity (Wildman–Crippen MR) is 151 cm³/mol. The number of carbonyl (C=O) groups excluding carboxylic acids is 1. The van der Waals surface area contributed by atoms with Gasteiger partial charge in [-0.1, -0.05) is 36.9 Å². The summed E-state index contributed by atoms with van der Waals surface area (Å²) in [4.78, 5) is 15.6. The molecule has 0 atom stereocenters. The summed E-state index contributed by atoms with van der Waals surface area (Å²) in [5, 5.41) is 7.81. The molecule has 0 saturated carbocycles. The van der Waals surface area contributed by atoms with E-state index in [-0.39, 0.29) is 5.91 Å². The van der Waals surface area contributed by atoms with Crippen molar-refractivity contribution in [1.29, 1.82) is 0 Å². The van der Waals surface area contributed by atoms with Crippen LogP contribution in [0.1, 0.15) is 44.9 Å². The molecule has 38 heavy (non-hydrogen) atoms. The van der Waals surface area contributed by atoms with Crippen molar-refractivity contribution in [2.75, 3.05) is 38.7 Å². The Morgan fingerprint density at radius 1 is 1.08 bits per heavy atom. The van der Waals surface area contributed by atoms with Crippen LogP contribution in [0, 0.1) is 13.8 Å². The molecule has 0 bridgehead atoms. The fourth-order valence-corrected chi connectivity index (χ4v) is 4.86. The molecule has 1 aromatic heterocycles. The van der Waals surface area contributed by atoms with Gasteiger partial charge in [0.05, 0.1) is 26.0 Å². The van der Waals surface area contributed by atoms with E-state index in [2.05, 4.69) is 35.0 Å². The number of morpholine rings is 1. The summed E-state index contributed by atoms with van der Waals surface area (Å²) in [5.41, 5.74) is 8.06. The second-order valence-electron chi connectivity index (χ2n) is 9.67. The molecule has 1 amide bonds. The summed E-state index contributed by atoms with van der Waals surface area (Å²) in [6, 6.07) is 14.0. The minimum Gasteiger partial charge on any atom is -0.496 e. The molecule has 3 aromatic rings. The van der Waals surface area contributed by atoms with Gasteiger partial charge < -0.3 is 19.7 Å². The standard InChI is InChI=1S/C31H34N4O3/c1-21-10-11-25(19-30(21)37-4)29-9-7-5-6-8-26-20-28(33-35(26)29)31(36)32-27-13-12-24(18-22(27)2)23(3)34-14-16-38-17-15-34/h5,7,9-13,18-20H,3,6,8,14-17H2,1-2,4H3,(H,32,36)/b7-5-,29-9-. The van der Waals surface area contributed by atoms with Crippen LogP contribution in [0.4, 0.5) is 5.69 Å². The van der Waals surface area contributed by atoms with Gasteiger partial charge >= 0.3 is 0 Å². The van der Waals surface area contributed by atoms with Crippen LogP contribution in [-0.2, 0) is 11.2 Å². The summed E-state index contributed by atoms with van der Waals surface area (Å²) >= 11 is 0. The zero-order valence-electron chi connectivity index (χ0n) is 22.3. The molecule has 0 spiro atoms. The monoisotopic (exact) mass is 510 g/mol. The van der Waals surface area contributed by atoms with Crippen molar-refractivity contribution < 1.29 is 14.3 Å². The van der Waals surface area contributed by atoms with Gasteiger partial charge in [-0.2, -0.15) is 5.10 Å². The van der Waals surface area contributed by atoms with Crippen LogP contribution in [0.2, 0.25) is 0 Å². The van der Waals surface area contributed by atoms with Gasteiger partial charge in [-0.3, -0.25) is 4.79 Å². The maximum Gasteiger partial charge on any atom is 0.276 e. The van der Waals surface area contributed by atoms with Crippen molar-refractivity contribution >= 4 is 23.0 Å². The second-order valence-corrected chi connectivity index (χ2v) is 9.67. The van der Waals surface area contributed by atoms with Gasteiger partial charge in [0.25, 0.3) is 5.91 Å². The Labute approximate surface area is 224 Å². The Kier molecular flexibility index (Phi) is 7.47. The highest BCUT2D eigenvalue weighted by molar-refractivity contribution is 6.03. The number of ether oxygens (including phenoxy) is 2. The molecule has 2 aliphatic rings. The minimum atomic E-state index is -0.235. The molecule has 7 heteroatoms. The lowest BCUT2D eigenvalue weighted by atomic mass is 10.1. The number of amides is 1. The highest BCUT2D eigenvalue weighted by atomic mass is 16.5. The number of carbonyl (C=O) groups is 1. The first-order valence-electron chi connectivity index (χ1n) is 13.0. The number of methoxy groups -OCH3 is 1. The number of hydrogen-bond donors (Lipinski definition) is 1. The molecule has 5 rings (SSSR count). The van der Waals surface area contributed by atoms with Crippen LogP contribution in [0.15, 0.2) is 67.3 Å². The number of allylic oxidation sites excluding steroid dienone is 3. The molecule has 7 nitrogen and oxygen atoms in total. The normalized spacial score (nSPS) is 17.4. The third-order valence-corrected chi connectivity index (χ3v) is 7.11. The SMILES string of the molecule is C=C(c1ccc(NC(=O)c2cc3n(n2)/C(c2ccc(C)c(OC)c2)=C\C=C/CC3)c(C)c1)N1CCOCC1. The summed E-state index contributed by atoms with van der Waals surface area (Å²) in [5.74, 6) is 0.581. The van der Waals surface area contributed by atoms with Gasteiger partial charge in [-0.15, -0.1) is 0 Å². The van der Waals surface area contributed by atoms with Crippen molar-refractivity contribution in [3.8, 4) is 5.75 Å². The molecule has 0 aliphatic carbocycles. The number of nitrogens with one attached hydrogen (secondary N) is 1. The molecule has 0 unspecified atom stereocenters. The second kappa shape index (κ2) is 11.1. The van der Waals surface area contributed by atoms with Crippen LogP contribution in [0.3, 0.4) is 0 Å². The first-order chi connectivity index (χ1) is 18.4. The van der Waals surface area contributed by atoms with E-state index < -0.39 is 0 Å². The zero-order chi connectivity index (χ0) is 26.6. The molecular formula is C31H34N4O3. The van der Waals surface area contributed by atoms with Crippen LogP contribution in [0.5, 0.6) is 5.75 Å². The average Bonchev–Trinajstić information content (AvgIpc) is 3.33.